The summed E-state index contributed by atoms with van der Waals surface area (Å²) >= 11 is 7.43. The number of hydrogen-bond donors (Lipinski definition) is 0. The van der Waals surface area contributed by atoms with Crippen LogP contribution in [0.2, 0.25) is 0 Å². The standard InChI is InChI=1S/C34H37ClO5/c1-32-15-14-24-25(26(32)22-17-23(22)28(32)39-31(37)20-11-7-4-8-12-20)27(35)29-34(40-29)18-21(13-16-33(24,34)2)38-30(36)19-9-5-3-6-10-19/h3-12,21-29H,13-18H2,1-2H3/t21-,22+,23-,24-,25+,26-,27-,28-,29+,32-,33+,34+/m0/s1. The maximum absolute atomic E-state index is 13.1. The van der Waals surface area contributed by atoms with E-state index in [2.05, 4.69) is 13.8 Å². The van der Waals surface area contributed by atoms with E-state index in [4.69, 9.17) is 25.8 Å². The zero-order valence-corrected chi connectivity index (χ0v) is 23.9. The van der Waals surface area contributed by atoms with Crippen LogP contribution in [-0.4, -0.2) is 41.2 Å². The Labute approximate surface area is 240 Å². The van der Waals surface area contributed by atoms with Crippen molar-refractivity contribution in [2.45, 2.75) is 81.7 Å². The summed E-state index contributed by atoms with van der Waals surface area (Å²) < 4.78 is 19.0. The van der Waals surface area contributed by atoms with Crippen molar-refractivity contribution in [2.75, 3.05) is 0 Å². The van der Waals surface area contributed by atoms with Gasteiger partial charge in [0.05, 0.1) is 16.5 Å². The number of halogens is 1. The molecule has 2 aromatic carbocycles. The number of hydrogen-bond acceptors (Lipinski definition) is 5. The Morgan fingerprint density at radius 2 is 1.52 bits per heavy atom. The third-order valence-electron chi connectivity index (χ3n) is 12.3. The number of alkyl halides is 1. The number of benzene rings is 2. The molecule has 2 aromatic rings. The van der Waals surface area contributed by atoms with E-state index >= 15 is 0 Å². The van der Waals surface area contributed by atoms with Crippen LogP contribution in [0.3, 0.4) is 0 Å². The average Bonchev–Trinajstić information content (AvgIpc) is 3.88. The first-order valence-electron chi connectivity index (χ1n) is 15.1. The molecule has 1 spiro atoms. The highest BCUT2D eigenvalue weighted by molar-refractivity contribution is 6.21. The molecule has 6 aliphatic rings. The molecule has 12 atom stereocenters. The van der Waals surface area contributed by atoms with Crippen LogP contribution < -0.4 is 0 Å². The van der Waals surface area contributed by atoms with Gasteiger partial charge in [-0.1, -0.05) is 50.2 Å². The molecular formula is C34H37ClO5. The van der Waals surface area contributed by atoms with E-state index in [1.807, 2.05) is 48.5 Å². The normalized spacial score (nSPS) is 47.4. The first-order chi connectivity index (χ1) is 19.3. The second-order valence-corrected chi connectivity index (χ2v) is 14.4. The number of epoxide rings is 1. The summed E-state index contributed by atoms with van der Waals surface area (Å²) in [6, 6.07) is 18.6. The van der Waals surface area contributed by atoms with E-state index in [1.165, 1.54) is 0 Å². The van der Waals surface area contributed by atoms with Gasteiger partial charge in [-0.05, 0) is 86.0 Å². The lowest BCUT2D eigenvalue weighted by Gasteiger charge is -2.60. The van der Waals surface area contributed by atoms with Crippen molar-refractivity contribution >= 4 is 23.5 Å². The summed E-state index contributed by atoms with van der Waals surface area (Å²) in [6.07, 6.45) is 5.60. The third kappa shape index (κ3) is 3.37. The highest BCUT2D eigenvalue weighted by Crippen LogP contribution is 2.78. The van der Waals surface area contributed by atoms with Gasteiger partial charge in [0.15, 0.2) is 0 Å². The third-order valence-corrected chi connectivity index (χ3v) is 12.8. The molecular weight excluding hydrogens is 524 g/mol. The van der Waals surface area contributed by atoms with E-state index in [-0.39, 0.29) is 52.1 Å². The van der Waals surface area contributed by atoms with Crippen LogP contribution in [0.25, 0.3) is 0 Å². The number of esters is 2. The SMILES string of the molecule is C[C@]12CC[C@H]3[C@@H]([C@H](Cl)[C@H]4O[C@]45C[C@@H](OC(=O)c4ccccc4)CC[C@]35C)[C@@H]1[C@@H]1C[C@@H]1[C@@H]2OC(=O)c1ccccc1. The van der Waals surface area contributed by atoms with Gasteiger partial charge in [0.25, 0.3) is 0 Å². The van der Waals surface area contributed by atoms with Crippen LogP contribution in [0.5, 0.6) is 0 Å². The molecule has 0 unspecified atom stereocenters. The lowest BCUT2D eigenvalue weighted by Crippen LogP contribution is -2.63. The molecule has 1 heterocycles. The molecule has 5 saturated carbocycles. The fourth-order valence-corrected chi connectivity index (χ4v) is 10.9. The van der Waals surface area contributed by atoms with Crippen LogP contribution in [0.15, 0.2) is 60.7 Å². The monoisotopic (exact) mass is 560 g/mol. The molecule has 0 bridgehead atoms. The molecule has 6 fully saturated rings. The Hall–Kier alpha value is -2.37. The van der Waals surface area contributed by atoms with Gasteiger partial charge in [0.2, 0.25) is 0 Å². The second-order valence-electron chi connectivity index (χ2n) is 13.9. The van der Waals surface area contributed by atoms with Gasteiger partial charge in [-0.3, -0.25) is 0 Å². The number of rotatable bonds is 4. The molecule has 1 aliphatic heterocycles. The predicted molar refractivity (Wildman–Crippen MR) is 150 cm³/mol. The lowest BCUT2D eigenvalue weighted by atomic mass is 9.44. The highest BCUT2D eigenvalue weighted by Gasteiger charge is 2.81. The van der Waals surface area contributed by atoms with Gasteiger partial charge >= 0.3 is 11.9 Å². The Morgan fingerprint density at radius 3 is 2.20 bits per heavy atom. The summed E-state index contributed by atoms with van der Waals surface area (Å²) in [7, 11) is 0. The van der Waals surface area contributed by atoms with Gasteiger partial charge < -0.3 is 14.2 Å². The Morgan fingerprint density at radius 1 is 0.875 bits per heavy atom. The van der Waals surface area contributed by atoms with Gasteiger partial charge in [0.1, 0.15) is 23.9 Å². The molecule has 8 rings (SSSR count). The van der Waals surface area contributed by atoms with Crippen LogP contribution in [0.4, 0.5) is 0 Å². The number of carbonyl (C=O) groups is 2. The Kier molecular flexibility index (Phi) is 5.44. The fourth-order valence-electron chi connectivity index (χ4n) is 10.3. The molecule has 0 aromatic heterocycles. The molecule has 0 amide bonds. The van der Waals surface area contributed by atoms with Crippen LogP contribution in [-0.2, 0) is 14.2 Å². The molecule has 5 aliphatic carbocycles. The van der Waals surface area contributed by atoms with Crippen molar-refractivity contribution in [1.29, 1.82) is 0 Å². The summed E-state index contributed by atoms with van der Waals surface area (Å²) in [5.41, 5.74) is 0.861. The number of ether oxygens (including phenoxy) is 3. The topological polar surface area (TPSA) is 65.1 Å². The molecule has 0 N–H and O–H groups in total. The van der Waals surface area contributed by atoms with Gasteiger partial charge in [-0.2, -0.15) is 0 Å². The van der Waals surface area contributed by atoms with Crippen LogP contribution >= 0.6 is 11.6 Å². The Balaban J connectivity index is 1.03. The minimum absolute atomic E-state index is 0.00783. The minimum atomic E-state index is -0.311. The molecule has 5 nitrogen and oxygen atoms in total. The molecule has 1 saturated heterocycles. The average molecular weight is 561 g/mol. The first kappa shape index (κ1) is 25.3. The predicted octanol–water partition coefficient (Wildman–Crippen LogP) is 6.68. The molecule has 210 valence electrons. The maximum Gasteiger partial charge on any atom is 0.338 e. The van der Waals surface area contributed by atoms with E-state index in [1.54, 1.807) is 12.1 Å². The summed E-state index contributed by atoms with van der Waals surface area (Å²) in [5.74, 6) is 1.82. The largest absolute Gasteiger partial charge is 0.459 e. The van der Waals surface area contributed by atoms with Crippen molar-refractivity contribution in [1.82, 2.24) is 0 Å². The van der Waals surface area contributed by atoms with Crippen molar-refractivity contribution < 1.29 is 23.8 Å². The van der Waals surface area contributed by atoms with Crippen LogP contribution in [0.1, 0.15) is 73.1 Å². The number of carbonyl (C=O) groups excluding carboxylic acids is 2. The number of fused-ring (bicyclic) bond motifs is 6. The van der Waals surface area contributed by atoms with Crippen molar-refractivity contribution in [3.05, 3.63) is 71.8 Å². The van der Waals surface area contributed by atoms with Gasteiger partial charge in [-0.15, -0.1) is 11.6 Å². The fraction of sp³-hybridized carbons (Fsp3) is 0.588. The molecule has 40 heavy (non-hydrogen) atoms. The van der Waals surface area contributed by atoms with E-state index < -0.39 is 0 Å². The lowest BCUT2D eigenvalue weighted by molar-refractivity contribution is -0.132. The van der Waals surface area contributed by atoms with Gasteiger partial charge in [0, 0.05) is 17.3 Å². The van der Waals surface area contributed by atoms with Crippen molar-refractivity contribution in [2.24, 2.45) is 40.4 Å². The summed E-state index contributed by atoms with van der Waals surface area (Å²) in [4.78, 5) is 26.0. The Bertz CT molecular complexity index is 1350. The minimum Gasteiger partial charge on any atom is -0.459 e. The molecule has 6 heteroatoms. The second kappa shape index (κ2) is 8.58. The quantitative estimate of drug-likeness (QED) is 0.237. The van der Waals surface area contributed by atoms with Crippen LogP contribution in [0, 0.1) is 40.4 Å². The molecule has 0 radical (unpaired) electrons. The van der Waals surface area contributed by atoms with E-state index in [9.17, 15) is 9.59 Å². The summed E-state index contributed by atoms with van der Waals surface area (Å²) in [6.45, 7) is 4.79. The van der Waals surface area contributed by atoms with Crippen molar-refractivity contribution in [3.63, 3.8) is 0 Å². The van der Waals surface area contributed by atoms with Crippen molar-refractivity contribution in [3.8, 4) is 0 Å². The smallest absolute Gasteiger partial charge is 0.338 e. The zero-order chi connectivity index (χ0) is 27.4. The van der Waals surface area contributed by atoms with Gasteiger partial charge in [-0.25, -0.2) is 9.59 Å². The summed E-state index contributed by atoms with van der Waals surface area (Å²) in [5, 5.41) is -0.0731. The van der Waals surface area contributed by atoms with E-state index in [0.29, 0.717) is 40.7 Å². The first-order valence-corrected chi connectivity index (χ1v) is 15.5. The van der Waals surface area contributed by atoms with E-state index in [0.717, 1.165) is 38.5 Å². The highest BCUT2D eigenvalue weighted by atomic mass is 35.5. The zero-order valence-electron chi connectivity index (χ0n) is 23.1. The maximum atomic E-state index is 13.1.